The van der Waals surface area contributed by atoms with E-state index in [0.717, 1.165) is 22.3 Å². The van der Waals surface area contributed by atoms with Crippen LogP contribution in [0.3, 0.4) is 0 Å². The Kier molecular flexibility index (Phi) is 17.6. The first-order valence-electron chi connectivity index (χ1n) is 22.1. The summed E-state index contributed by atoms with van der Waals surface area (Å²) in [5.41, 5.74) is 3.24. The highest BCUT2D eigenvalue weighted by Gasteiger charge is 2.44. The first-order valence-corrected chi connectivity index (χ1v) is 22.1. The maximum atomic E-state index is 13.5. The number of hydrogen-bond acceptors (Lipinski definition) is 6. The lowest BCUT2D eigenvalue weighted by Crippen LogP contribution is -2.42. The standard InChI is InChI=1S/C50H54F4N6O6/c51-37-13-5-33(6-14-37)21-25-55-47(63)41-29-59(30-42(41)48(64)56-26-22-34-7-15-38(52)16-8-34)45(61)3-1-2-4-46(62)60-31-43(49(65)57-27-23-35-9-17-39(53)18-10-35)44(32-60)50(66)58-28-24-36-11-19-40(54)20-12-36/h1-2,5-20,41-44H,3-4,21-32H2,(H,55,63)(H,56,64)(H,57,65)(H,58,66)/b2-1+/t41-,42-,43-,44-/m1/s1. The predicted molar refractivity (Wildman–Crippen MR) is 238 cm³/mol. The fourth-order valence-corrected chi connectivity index (χ4v) is 8.15. The van der Waals surface area contributed by atoms with E-state index in [1.807, 2.05) is 0 Å². The van der Waals surface area contributed by atoms with Gasteiger partial charge in [-0.05, 0) is 96.5 Å². The van der Waals surface area contributed by atoms with E-state index < -0.39 is 47.3 Å². The summed E-state index contributed by atoms with van der Waals surface area (Å²) < 4.78 is 53.5. The van der Waals surface area contributed by atoms with Crippen LogP contribution in [0.25, 0.3) is 0 Å². The van der Waals surface area contributed by atoms with Gasteiger partial charge in [-0.25, -0.2) is 17.6 Å². The van der Waals surface area contributed by atoms with Crippen LogP contribution in [-0.4, -0.2) is 97.6 Å². The first kappa shape index (κ1) is 48.6. The monoisotopic (exact) mass is 910 g/mol. The number of carbonyl (C=O) groups is 6. The van der Waals surface area contributed by atoms with Crippen molar-refractivity contribution in [2.45, 2.75) is 38.5 Å². The number of likely N-dealkylation sites (tertiary alicyclic amines) is 2. The van der Waals surface area contributed by atoms with Crippen LogP contribution < -0.4 is 21.3 Å². The topological polar surface area (TPSA) is 157 Å². The SMILES string of the molecule is O=C(NCCc1ccc(F)cc1)[C@@H]1CN(C(=O)C/C=C/CC(=O)N2C[C@@H](C(=O)NCCc3ccc(F)cc3)[C@H](C(=O)NCCc3ccc(F)cc3)C2)C[C@H]1C(=O)NCCc1ccc(F)cc1. The van der Waals surface area contributed by atoms with Gasteiger partial charge in [0.05, 0.1) is 23.7 Å². The molecular formula is C50H54F4N6O6. The van der Waals surface area contributed by atoms with E-state index in [1.54, 1.807) is 48.5 Å². The molecule has 0 bridgehead atoms. The van der Waals surface area contributed by atoms with Gasteiger partial charge >= 0.3 is 0 Å². The van der Waals surface area contributed by atoms with Crippen LogP contribution in [0.2, 0.25) is 0 Å². The van der Waals surface area contributed by atoms with Gasteiger partial charge in [-0.3, -0.25) is 28.8 Å². The van der Waals surface area contributed by atoms with E-state index in [2.05, 4.69) is 21.3 Å². The molecule has 0 radical (unpaired) electrons. The highest BCUT2D eigenvalue weighted by molar-refractivity contribution is 5.92. The fourth-order valence-electron chi connectivity index (χ4n) is 8.15. The van der Waals surface area contributed by atoms with Gasteiger partial charge in [0, 0.05) is 65.2 Å². The van der Waals surface area contributed by atoms with Gasteiger partial charge in [0.25, 0.3) is 0 Å². The summed E-state index contributed by atoms with van der Waals surface area (Å²) in [6.45, 7) is 0.857. The summed E-state index contributed by atoms with van der Waals surface area (Å²) in [6, 6.07) is 23.6. The molecule has 0 aliphatic carbocycles. The van der Waals surface area contributed by atoms with Crippen molar-refractivity contribution < 1.29 is 46.3 Å². The van der Waals surface area contributed by atoms with Crippen molar-refractivity contribution in [3.05, 3.63) is 155 Å². The quantitative estimate of drug-likeness (QED) is 0.0759. The molecule has 6 rings (SSSR count). The van der Waals surface area contributed by atoms with E-state index >= 15 is 0 Å². The minimum atomic E-state index is -0.852. The van der Waals surface area contributed by atoms with Crippen molar-refractivity contribution in [3.63, 3.8) is 0 Å². The zero-order valence-electron chi connectivity index (χ0n) is 36.5. The molecule has 2 saturated heterocycles. The third kappa shape index (κ3) is 14.3. The number of carbonyl (C=O) groups excluding carboxylic acids is 6. The molecule has 0 saturated carbocycles. The van der Waals surface area contributed by atoms with Crippen LogP contribution in [-0.2, 0) is 54.5 Å². The normalized spacial score (nSPS) is 18.0. The van der Waals surface area contributed by atoms with Crippen molar-refractivity contribution in [1.29, 1.82) is 0 Å². The van der Waals surface area contributed by atoms with E-state index in [0.29, 0.717) is 25.7 Å². The molecule has 0 unspecified atom stereocenters. The Morgan fingerprint density at radius 2 is 0.606 bits per heavy atom. The van der Waals surface area contributed by atoms with Gasteiger partial charge in [0.1, 0.15) is 23.3 Å². The molecule has 2 fully saturated rings. The highest BCUT2D eigenvalue weighted by atomic mass is 19.1. The lowest BCUT2D eigenvalue weighted by Gasteiger charge is -2.17. The molecule has 16 heteroatoms. The van der Waals surface area contributed by atoms with Gasteiger partial charge < -0.3 is 31.1 Å². The minimum Gasteiger partial charge on any atom is -0.355 e. The second kappa shape index (κ2) is 23.9. The number of benzene rings is 4. The number of hydrogen-bond donors (Lipinski definition) is 4. The van der Waals surface area contributed by atoms with Crippen LogP contribution in [0.5, 0.6) is 0 Å². The Morgan fingerprint density at radius 1 is 0.394 bits per heavy atom. The molecule has 348 valence electrons. The number of nitrogens with one attached hydrogen (secondary N) is 4. The summed E-state index contributed by atoms with van der Waals surface area (Å²) in [7, 11) is 0. The smallest absolute Gasteiger partial charge is 0.226 e. The Labute approximate surface area is 381 Å². The molecule has 0 spiro atoms. The van der Waals surface area contributed by atoms with Gasteiger partial charge in [-0.15, -0.1) is 0 Å². The summed E-state index contributed by atoms with van der Waals surface area (Å²) in [5.74, 6) is -7.25. The maximum Gasteiger partial charge on any atom is 0.226 e. The van der Waals surface area contributed by atoms with Gasteiger partial charge in [-0.2, -0.15) is 0 Å². The Bertz CT molecular complexity index is 2020. The van der Waals surface area contributed by atoms with E-state index in [9.17, 15) is 46.3 Å². The average Bonchev–Trinajstić information content (AvgIpc) is 3.97. The van der Waals surface area contributed by atoms with E-state index in [4.69, 9.17) is 0 Å². The van der Waals surface area contributed by atoms with E-state index in [-0.39, 0.29) is 100 Å². The van der Waals surface area contributed by atoms with Crippen LogP contribution >= 0.6 is 0 Å². The average molecular weight is 911 g/mol. The summed E-state index contributed by atoms with van der Waals surface area (Å²) in [5, 5.41) is 11.4. The number of halogens is 4. The fraction of sp³-hybridized carbons (Fsp3) is 0.360. The molecule has 2 aliphatic heterocycles. The Balaban J connectivity index is 1.02. The molecule has 4 aromatic carbocycles. The number of rotatable bonds is 20. The molecular weight excluding hydrogens is 857 g/mol. The molecule has 4 aromatic rings. The molecule has 2 aliphatic rings. The second-order valence-corrected chi connectivity index (χ2v) is 16.6. The van der Waals surface area contributed by atoms with Crippen LogP contribution in [0.1, 0.15) is 35.1 Å². The minimum absolute atomic E-state index is 0.0154. The second-order valence-electron chi connectivity index (χ2n) is 16.6. The number of amides is 6. The lowest BCUT2D eigenvalue weighted by atomic mass is 9.94. The van der Waals surface area contributed by atoms with Gasteiger partial charge in [0.2, 0.25) is 35.4 Å². The van der Waals surface area contributed by atoms with Gasteiger partial charge in [0.15, 0.2) is 0 Å². The first-order chi connectivity index (χ1) is 31.8. The zero-order chi connectivity index (χ0) is 47.0. The largest absolute Gasteiger partial charge is 0.355 e. The molecule has 4 atom stereocenters. The lowest BCUT2D eigenvalue weighted by molar-refractivity contribution is -0.132. The summed E-state index contributed by atoms with van der Waals surface area (Å²) in [4.78, 5) is 83.8. The maximum absolute atomic E-state index is 13.5. The van der Waals surface area contributed by atoms with Crippen LogP contribution in [0, 0.1) is 46.9 Å². The molecule has 66 heavy (non-hydrogen) atoms. The Morgan fingerprint density at radius 3 is 0.818 bits per heavy atom. The van der Waals surface area contributed by atoms with Crippen molar-refractivity contribution in [3.8, 4) is 0 Å². The molecule has 6 amide bonds. The zero-order valence-corrected chi connectivity index (χ0v) is 36.5. The van der Waals surface area contributed by atoms with Crippen molar-refractivity contribution in [2.24, 2.45) is 23.7 Å². The highest BCUT2D eigenvalue weighted by Crippen LogP contribution is 2.27. The van der Waals surface area contributed by atoms with Crippen molar-refractivity contribution in [2.75, 3.05) is 52.4 Å². The molecule has 2 heterocycles. The predicted octanol–water partition coefficient (Wildman–Crippen LogP) is 4.46. The summed E-state index contributed by atoms with van der Waals surface area (Å²) in [6.07, 6.45) is 4.53. The van der Waals surface area contributed by atoms with Crippen molar-refractivity contribution in [1.82, 2.24) is 31.1 Å². The summed E-state index contributed by atoms with van der Waals surface area (Å²) >= 11 is 0. The van der Waals surface area contributed by atoms with Gasteiger partial charge in [-0.1, -0.05) is 60.7 Å². The van der Waals surface area contributed by atoms with Crippen LogP contribution in [0.15, 0.2) is 109 Å². The van der Waals surface area contributed by atoms with E-state index in [1.165, 1.54) is 70.5 Å². The molecule has 0 aromatic heterocycles. The third-order valence-electron chi connectivity index (χ3n) is 11.9. The molecule has 12 nitrogen and oxygen atoms in total. The van der Waals surface area contributed by atoms with Crippen molar-refractivity contribution >= 4 is 35.4 Å². The Hall–Kier alpha value is -6.84. The van der Waals surface area contributed by atoms with Crippen LogP contribution in [0.4, 0.5) is 17.6 Å². The third-order valence-corrected chi connectivity index (χ3v) is 11.9. The number of nitrogens with zero attached hydrogens (tertiary/aromatic N) is 2. The molecule has 4 N–H and O–H groups in total.